The van der Waals surface area contributed by atoms with Crippen molar-refractivity contribution >= 4 is 0 Å². The second-order valence-corrected chi connectivity index (χ2v) is 4.85. The van der Waals surface area contributed by atoms with Gasteiger partial charge >= 0.3 is 5.56 Å². The minimum atomic E-state index is -0.239. The van der Waals surface area contributed by atoms with E-state index in [1.54, 1.807) is 0 Å². The van der Waals surface area contributed by atoms with Crippen LogP contribution < -0.4 is 10.4 Å². The van der Waals surface area contributed by atoms with Crippen molar-refractivity contribution in [3.05, 3.63) is 88.3 Å². The SMILES string of the molecule is O=c1c[n+](O)n(Cc2ccccc2)n1Cc1ccccc1. The van der Waals surface area contributed by atoms with Crippen LogP contribution in [0.2, 0.25) is 0 Å². The van der Waals surface area contributed by atoms with Gasteiger partial charge in [-0.2, -0.15) is 0 Å². The number of benzene rings is 2. The Hall–Kier alpha value is -2.82. The van der Waals surface area contributed by atoms with Gasteiger partial charge in [-0.15, -0.1) is 4.68 Å². The molecule has 21 heavy (non-hydrogen) atoms. The molecule has 0 radical (unpaired) electrons. The third-order valence-electron chi connectivity index (χ3n) is 3.34. The maximum Gasteiger partial charge on any atom is 0.398 e. The Labute approximate surface area is 121 Å². The molecule has 0 saturated heterocycles. The van der Waals surface area contributed by atoms with Crippen LogP contribution in [0.3, 0.4) is 0 Å². The van der Waals surface area contributed by atoms with E-state index in [1.807, 2.05) is 60.7 Å². The minimum absolute atomic E-state index is 0.239. The third kappa shape index (κ3) is 2.86. The number of hydrogen-bond acceptors (Lipinski definition) is 2. The molecule has 0 atom stereocenters. The van der Waals surface area contributed by atoms with E-state index in [1.165, 1.54) is 15.7 Å². The van der Waals surface area contributed by atoms with Gasteiger partial charge in [0.15, 0.2) is 0 Å². The Morgan fingerprint density at radius 3 is 1.95 bits per heavy atom. The van der Waals surface area contributed by atoms with Crippen molar-refractivity contribution in [3.63, 3.8) is 0 Å². The highest BCUT2D eigenvalue weighted by Crippen LogP contribution is 2.03. The maximum absolute atomic E-state index is 12.0. The van der Waals surface area contributed by atoms with Crippen molar-refractivity contribution in [1.82, 2.24) is 9.48 Å². The molecule has 0 aliphatic rings. The topological polar surface area (TPSA) is 51.0 Å². The van der Waals surface area contributed by atoms with E-state index in [2.05, 4.69) is 0 Å². The van der Waals surface area contributed by atoms with Crippen LogP contribution in [0.1, 0.15) is 11.1 Å². The second kappa shape index (κ2) is 5.66. The second-order valence-electron chi connectivity index (χ2n) is 4.85. The molecule has 0 spiro atoms. The lowest BCUT2D eigenvalue weighted by Crippen LogP contribution is -2.43. The number of rotatable bonds is 4. The predicted octanol–water partition coefficient (Wildman–Crippen LogP) is 1.27. The fourth-order valence-corrected chi connectivity index (χ4v) is 2.28. The standard InChI is InChI=1S/C16H16N3O2/c20-16-13-19(21)18(12-15-9-5-2-6-10-15)17(16)11-14-7-3-1-4-8-14/h1-10,13,21H,11-12H2/q+1. The average molecular weight is 282 g/mol. The summed E-state index contributed by atoms with van der Waals surface area (Å²) in [5.74, 6) is 0. The molecule has 0 amide bonds. The van der Waals surface area contributed by atoms with Crippen molar-refractivity contribution in [3.8, 4) is 0 Å². The van der Waals surface area contributed by atoms with Crippen LogP contribution in [0.4, 0.5) is 0 Å². The predicted molar refractivity (Wildman–Crippen MR) is 77.2 cm³/mol. The first-order valence-corrected chi connectivity index (χ1v) is 6.74. The van der Waals surface area contributed by atoms with E-state index >= 15 is 0 Å². The molecule has 3 aromatic rings. The number of nitrogens with zero attached hydrogens (tertiary/aromatic N) is 3. The molecule has 0 unspecified atom stereocenters. The van der Waals surface area contributed by atoms with Gasteiger partial charge in [0.25, 0.3) is 6.20 Å². The van der Waals surface area contributed by atoms with Crippen molar-refractivity contribution in [1.29, 1.82) is 0 Å². The molecule has 1 heterocycles. The minimum Gasteiger partial charge on any atom is -0.331 e. The summed E-state index contributed by atoms with van der Waals surface area (Å²) in [6, 6.07) is 19.4. The van der Waals surface area contributed by atoms with Crippen LogP contribution in [0.5, 0.6) is 0 Å². The molecule has 5 heteroatoms. The Bertz CT molecular complexity index is 776. The largest absolute Gasteiger partial charge is 0.398 e. The third-order valence-corrected chi connectivity index (χ3v) is 3.34. The summed E-state index contributed by atoms with van der Waals surface area (Å²) in [4.78, 5) is 14.4. The monoisotopic (exact) mass is 282 g/mol. The van der Waals surface area contributed by atoms with Crippen LogP contribution >= 0.6 is 0 Å². The first-order chi connectivity index (χ1) is 10.2. The summed E-state index contributed by atoms with van der Waals surface area (Å²) in [7, 11) is 0. The van der Waals surface area contributed by atoms with Gasteiger partial charge in [0.2, 0.25) is 0 Å². The molecule has 0 bridgehead atoms. The van der Waals surface area contributed by atoms with Crippen LogP contribution in [-0.4, -0.2) is 14.7 Å². The fourth-order valence-electron chi connectivity index (χ4n) is 2.28. The van der Waals surface area contributed by atoms with E-state index in [-0.39, 0.29) is 5.56 Å². The van der Waals surface area contributed by atoms with E-state index in [9.17, 15) is 10.0 Å². The molecule has 0 aliphatic carbocycles. The molecule has 106 valence electrons. The average Bonchev–Trinajstić information content (AvgIpc) is 2.76. The first-order valence-electron chi connectivity index (χ1n) is 6.74. The highest BCUT2D eigenvalue weighted by atomic mass is 16.5. The molecule has 0 fully saturated rings. The molecular formula is C16H16N3O2+. The summed E-state index contributed by atoms with van der Waals surface area (Å²) in [5.41, 5.74) is 1.78. The molecule has 1 aromatic heterocycles. The molecule has 0 saturated carbocycles. The zero-order valence-electron chi connectivity index (χ0n) is 11.5. The summed E-state index contributed by atoms with van der Waals surface area (Å²) < 4.78 is 1.52. The van der Waals surface area contributed by atoms with Crippen LogP contribution in [0.15, 0.2) is 71.7 Å². The molecule has 3 rings (SSSR count). The van der Waals surface area contributed by atoms with Gasteiger partial charge in [0, 0.05) is 4.85 Å². The summed E-state index contributed by atoms with van der Waals surface area (Å²) in [5, 5.41) is 9.91. The Kier molecular flexibility index (Phi) is 3.55. The number of hydrogen-bond donors (Lipinski definition) is 1. The molecule has 1 N–H and O–H groups in total. The fraction of sp³-hybridized carbons (Fsp3) is 0.125. The van der Waals surface area contributed by atoms with Crippen LogP contribution in [0.25, 0.3) is 0 Å². The van der Waals surface area contributed by atoms with Gasteiger partial charge in [-0.3, -0.25) is 0 Å². The lowest BCUT2D eigenvalue weighted by molar-refractivity contribution is -0.968. The Morgan fingerprint density at radius 1 is 0.857 bits per heavy atom. The lowest BCUT2D eigenvalue weighted by Gasteiger charge is -2.05. The zero-order valence-corrected chi connectivity index (χ0v) is 11.5. The highest BCUT2D eigenvalue weighted by molar-refractivity contribution is 5.15. The zero-order chi connectivity index (χ0) is 14.7. The van der Waals surface area contributed by atoms with Crippen molar-refractivity contribution in [2.24, 2.45) is 0 Å². The Morgan fingerprint density at radius 2 is 1.38 bits per heavy atom. The van der Waals surface area contributed by atoms with Gasteiger partial charge < -0.3 is 5.21 Å². The Balaban J connectivity index is 1.95. The van der Waals surface area contributed by atoms with Gasteiger partial charge in [0.05, 0.1) is 0 Å². The smallest absolute Gasteiger partial charge is 0.331 e. The van der Waals surface area contributed by atoms with Crippen LogP contribution in [0, 0.1) is 0 Å². The molecule has 0 aliphatic heterocycles. The normalized spacial score (nSPS) is 10.7. The number of aromatic nitrogens is 3. The van der Waals surface area contributed by atoms with Crippen molar-refractivity contribution in [2.75, 3.05) is 0 Å². The lowest BCUT2D eigenvalue weighted by atomic mass is 10.2. The van der Waals surface area contributed by atoms with Gasteiger partial charge in [-0.1, -0.05) is 60.7 Å². The van der Waals surface area contributed by atoms with E-state index in [0.29, 0.717) is 13.1 Å². The summed E-state index contributed by atoms with van der Waals surface area (Å²) in [6.45, 7) is 0.840. The molecular weight excluding hydrogens is 266 g/mol. The van der Waals surface area contributed by atoms with Crippen molar-refractivity contribution in [2.45, 2.75) is 13.1 Å². The molecule has 2 aromatic carbocycles. The quantitative estimate of drug-likeness (QED) is 0.579. The highest BCUT2D eigenvalue weighted by Gasteiger charge is 2.18. The van der Waals surface area contributed by atoms with E-state index in [0.717, 1.165) is 16.0 Å². The summed E-state index contributed by atoms with van der Waals surface area (Å²) >= 11 is 0. The first kappa shape index (κ1) is 13.2. The van der Waals surface area contributed by atoms with E-state index in [4.69, 9.17) is 0 Å². The van der Waals surface area contributed by atoms with Gasteiger partial charge in [-0.05, 0) is 15.9 Å². The van der Waals surface area contributed by atoms with Gasteiger partial charge in [0.1, 0.15) is 13.1 Å². The van der Waals surface area contributed by atoms with Crippen molar-refractivity contribution < 1.29 is 10.1 Å². The maximum atomic E-state index is 12.0. The van der Waals surface area contributed by atoms with Gasteiger partial charge in [-0.25, -0.2) is 4.79 Å². The van der Waals surface area contributed by atoms with E-state index < -0.39 is 0 Å². The summed E-state index contributed by atoms with van der Waals surface area (Å²) in [6.07, 6.45) is 1.17. The molecule has 5 nitrogen and oxygen atoms in total. The van der Waals surface area contributed by atoms with Crippen LogP contribution in [-0.2, 0) is 13.1 Å².